The number of aromatic nitrogens is 1. The number of amides is 2. The van der Waals surface area contributed by atoms with E-state index >= 15 is 0 Å². The molecular weight excluding hydrogens is 374 g/mol. The third-order valence-corrected chi connectivity index (χ3v) is 4.54. The van der Waals surface area contributed by atoms with Gasteiger partial charge in [-0.15, -0.1) is 11.3 Å². The zero-order chi connectivity index (χ0) is 18.5. The molecule has 2 amide bonds. The quantitative estimate of drug-likeness (QED) is 0.624. The van der Waals surface area contributed by atoms with Crippen LogP contribution in [0.5, 0.6) is 0 Å². The number of hydrogen-bond acceptors (Lipinski definition) is 5. The summed E-state index contributed by atoms with van der Waals surface area (Å²) in [5.41, 5.74) is 2.50. The molecule has 8 heteroatoms. The lowest BCUT2D eigenvalue weighted by atomic mass is 10.1. The van der Waals surface area contributed by atoms with Gasteiger partial charge in [0.1, 0.15) is 0 Å². The van der Waals surface area contributed by atoms with Gasteiger partial charge in [0, 0.05) is 10.9 Å². The average Bonchev–Trinajstić information content (AvgIpc) is 3.11. The van der Waals surface area contributed by atoms with Gasteiger partial charge in [0.2, 0.25) is 0 Å². The molecule has 0 aliphatic heterocycles. The van der Waals surface area contributed by atoms with E-state index < -0.39 is 12.0 Å². The first kappa shape index (κ1) is 17.9. The van der Waals surface area contributed by atoms with Crippen molar-refractivity contribution in [2.24, 2.45) is 0 Å². The molecule has 3 rings (SSSR count). The van der Waals surface area contributed by atoms with E-state index in [1.54, 1.807) is 48.5 Å². The van der Waals surface area contributed by atoms with Gasteiger partial charge in [0.05, 0.1) is 29.1 Å². The summed E-state index contributed by atoms with van der Waals surface area (Å²) in [4.78, 5) is 27.9. The standard InChI is InChI=1S/C18H14ClN3O3S/c1-25-16(23)12-8-6-11(7-9-12)15-10-26-18(21-15)22-17(24)20-14-5-3-2-4-13(14)19/h2-10H,1H3,(H2,20,21,22,24). The average molecular weight is 388 g/mol. The van der Waals surface area contributed by atoms with Crippen molar-refractivity contribution >= 4 is 45.8 Å². The summed E-state index contributed by atoms with van der Waals surface area (Å²) in [6, 6.07) is 13.4. The SMILES string of the molecule is COC(=O)c1ccc(-c2csc(NC(=O)Nc3ccccc3Cl)n2)cc1. The van der Waals surface area contributed by atoms with E-state index in [1.165, 1.54) is 18.4 Å². The molecule has 0 fully saturated rings. The Morgan fingerprint density at radius 2 is 1.81 bits per heavy atom. The first-order valence-corrected chi connectivity index (χ1v) is 8.79. The normalized spacial score (nSPS) is 10.2. The predicted octanol–water partition coefficient (Wildman–Crippen LogP) is 4.89. The number of para-hydroxylation sites is 1. The Labute approximate surface area is 158 Å². The van der Waals surface area contributed by atoms with E-state index in [-0.39, 0.29) is 0 Å². The summed E-state index contributed by atoms with van der Waals surface area (Å²) in [5, 5.41) is 8.05. The van der Waals surface area contributed by atoms with Crippen molar-refractivity contribution in [2.45, 2.75) is 0 Å². The molecule has 0 aliphatic carbocycles. The van der Waals surface area contributed by atoms with E-state index in [1.807, 2.05) is 5.38 Å². The van der Waals surface area contributed by atoms with Gasteiger partial charge in [-0.3, -0.25) is 5.32 Å². The van der Waals surface area contributed by atoms with Gasteiger partial charge >= 0.3 is 12.0 Å². The molecule has 1 aromatic heterocycles. The van der Waals surface area contributed by atoms with Gasteiger partial charge in [-0.2, -0.15) is 0 Å². The van der Waals surface area contributed by atoms with Crippen LogP contribution in [-0.2, 0) is 4.74 Å². The Kier molecular flexibility index (Phi) is 5.50. The number of methoxy groups -OCH3 is 1. The first-order chi connectivity index (χ1) is 12.6. The summed E-state index contributed by atoms with van der Waals surface area (Å²) in [6.07, 6.45) is 0. The molecule has 0 saturated heterocycles. The highest BCUT2D eigenvalue weighted by molar-refractivity contribution is 7.14. The Morgan fingerprint density at radius 3 is 2.50 bits per heavy atom. The molecule has 0 bridgehead atoms. The van der Waals surface area contributed by atoms with Crippen LogP contribution in [0.4, 0.5) is 15.6 Å². The molecule has 6 nitrogen and oxygen atoms in total. The zero-order valence-electron chi connectivity index (χ0n) is 13.7. The fourth-order valence-corrected chi connectivity index (χ4v) is 3.07. The number of nitrogens with one attached hydrogen (secondary N) is 2. The number of urea groups is 1. The highest BCUT2D eigenvalue weighted by Gasteiger charge is 2.10. The van der Waals surface area contributed by atoms with Gasteiger partial charge in [0.15, 0.2) is 5.13 Å². The topological polar surface area (TPSA) is 80.3 Å². The summed E-state index contributed by atoms with van der Waals surface area (Å²) in [6.45, 7) is 0. The second-order valence-electron chi connectivity index (χ2n) is 5.17. The number of halogens is 1. The minimum atomic E-state index is -0.431. The molecule has 26 heavy (non-hydrogen) atoms. The van der Waals surface area contributed by atoms with Crippen LogP contribution in [0.3, 0.4) is 0 Å². The largest absolute Gasteiger partial charge is 0.465 e. The Balaban J connectivity index is 1.67. The molecule has 0 saturated carbocycles. The van der Waals surface area contributed by atoms with Crippen LogP contribution >= 0.6 is 22.9 Å². The van der Waals surface area contributed by atoms with E-state index in [0.717, 1.165) is 5.56 Å². The van der Waals surface area contributed by atoms with E-state index in [0.29, 0.717) is 27.1 Å². The van der Waals surface area contributed by atoms with Gasteiger partial charge < -0.3 is 10.1 Å². The van der Waals surface area contributed by atoms with Crippen molar-refractivity contribution in [3.05, 3.63) is 64.5 Å². The van der Waals surface area contributed by atoms with Crippen molar-refractivity contribution < 1.29 is 14.3 Å². The Bertz CT molecular complexity index is 941. The third kappa shape index (κ3) is 4.19. The van der Waals surface area contributed by atoms with Gasteiger partial charge in [-0.25, -0.2) is 14.6 Å². The second-order valence-corrected chi connectivity index (χ2v) is 6.43. The highest BCUT2D eigenvalue weighted by Crippen LogP contribution is 2.26. The number of thiazole rings is 1. The zero-order valence-corrected chi connectivity index (χ0v) is 15.2. The highest BCUT2D eigenvalue weighted by atomic mass is 35.5. The van der Waals surface area contributed by atoms with Crippen LogP contribution < -0.4 is 10.6 Å². The van der Waals surface area contributed by atoms with Crippen LogP contribution in [0.15, 0.2) is 53.9 Å². The van der Waals surface area contributed by atoms with Crippen molar-refractivity contribution in [3.63, 3.8) is 0 Å². The monoisotopic (exact) mass is 387 g/mol. The summed E-state index contributed by atoms with van der Waals surface area (Å²) < 4.78 is 4.67. The summed E-state index contributed by atoms with van der Waals surface area (Å²) >= 11 is 7.31. The molecule has 2 N–H and O–H groups in total. The second kappa shape index (κ2) is 7.99. The number of esters is 1. The fraction of sp³-hybridized carbons (Fsp3) is 0.0556. The molecule has 0 atom stereocenters. The van der Waals surface area contributed by atoms with Crippen LogP contribution in [0.2, 0.25) is 5.02 Å². The molecule has 0 aliphatic rings. The van der Waals surface area contributed by atoms with Gasteiger partial charge in [0.25, 0.3) is 0 Å². The smallest absolute Gasteiger partial charge is 0.337 e. The van der Waals surface area contributed by atoms with E-state index in [9.17, 15) is 9.59 Å². The Hall–Kier alpha value is -2.90. The summed E-state index contributed by atoms with van der Waals surface area (Å²) in [7, 11) is 1.34. The number of ether oxygens (including phenoxy) is 1. The third-order valence-electron chi connectivity index (χ3n) is 3.45. The van der Waals surface area contributed by atoms with Crippen molar-refractivity contribution in [3.8, 4) is 11.3 Å². The lowest BCUT2D eigenvalue weighted by Gasteiger charge is -2.06. The maximum Gasteiger partial charge on any atom is 0.337 e. The minimum absolute atomic E-state index is 0.395. The molecule has 0 spiro atoms. The number of carbonyl (C=O) groups excluding carboxylic acids is 2. The van der Waals surface area contributed by atoms with Crippen LogP contribution in [0.1, 0.15) is 10.4 Å². The number of benzene rings is 2. The van der Waals surface area contributed by atoms with Crippen LogP contribution in [-0.4, -0.2) is 24.1 Å². The minimum Gasteiger partial charge on any atom is -0.465 e. The molecule has 2 aromatic carbocycles. The molecular formula is C18H14ClN3O3S. The number of hydrogen-bond donors (Lipinski definition) is 2. The van der Waals surface area contributed by atoms with E-state index in [2.05, 4.69) is 20.4 Å². The van der Waals surface area contributed by atoms with Gasteiger partial charge in [-0.05, 0) is 24.3 Å². The number of carbonyl (C=O) groups is 2. The number of anilines is 2. The lowest BCUT2D eigenvalue weighted by molar-refractivity contribution is 0.0600. The van der Waals surface area contributed by atoms with Crippen molar-refractivity contribution in [1.82, 2.24) is 4.98 Å². The Morgan fingerprint density at radius 1 is 1.08 bits per heavy atom. The molecule has 1 heterocycles. The van der Waals surface area contributed by atoms with Crippen molar-refractivity contribution in [2.75, 3.05) is 17.7 Å². The molecule has 132 valence electrons. The first-order valence-electron chi connectivity index (χ1n) is 7.53. The fourth-order valence-electron chi connectivity index (χ4n) is 2.17. The number of nitrogens with zero attached hydrogens (tertiary/aromatic N) is 1. The van der Waals surface area contributed by atoms with Crippen molar-refractivity contribution in [1.29, 1.82) is 0 Å². The predicted molar refractivity (Wildman–Crippen MR) is 103 cm³/mol. The van der Waals surface area contributed by atoms with Crippen LogP contribution in [0, 0.1) is 0 Å². The number of rotatable bonds is 4. The summed E-state index contributed by atoms with van der Waals surface area (Å²) in [5.74, 6) is -0.395. The molecule has 0 unspecified atom stereocenters. The maximum absolute atomic E-state index is 12.1. The lowest BCUT2D eigenvalue weighted by Crippen LogP contribution is -2.19. The van der Waals surface area contributed by atoms with Gasteiger partial charge in [-0.1, -0.05) is 35.9 Å². The van der Waals surface area contributed by atoms with Crippen LogP contribution in [0.25, 0.3) is 11.3 Å². The molecule has 3 aromatic rings. The van der Waals surface area contributed by atoms with E-state index in [4.69, 9.17) is 11.6 Å². The maximum atomic E-state index is 12.1. The molecule has 0 radical (unpaired) electrons.